The highest BCUT2D eigenvalue weighted by molar-refractivity contribution is 7.48. The molecule has 2 saturated heterocycles. The molecular weight excluding hydrogens is 918 g/mol. The number of ether oxygens (including phenoxy) is 5. The average Bonchev–Trinajstić information content (AvgIpc) is 4.00. The van der Waals surface area contributed by atoms with Crippen molar-refractivity contribution in [3.8, 4) is 11.8 Å². The lowest BCUT2D eigenvalue weighted by atomic mass is 9.92. The summed E-state index contributed by atoms with van der Waals surface area (Å²) in [5, 5.41) is 26.5. The van der Waals surface area contributed by atoms with E-state index in [0.29, 0.717) is 17.7 Å². The van der Waals surface area contributed by atoms with E-state index in [-0.39, 0.29) is 36.2 Å². The summed E-state index contributed by atoms with van der Waals surface area (Å²) in [6.07, 6.45) is 17.0. The number of aromatic nitrogens is 3. The molecule has 2 aromatic carbocycles. The van der Waals surface area contributed by atoms with Crippen molar-refractivity contribution >= 4 is 24.8 Å². The fourth-order valence-corrected chi connectivity index (χ4v) is 9.84. The lowest BCUT2D eigenvalue weighted by Crippen LogP contribution is -2.40. The molecule has 2 aromatic heterocycles. The van der Waals surface area contributed by atoms with Crippen LogP contribution in [0, 0.1) is 33.1 Å². The SMILES string of the molecule is CCCCCCCCCCCCCCCCCCOC[C@H](COP(=O)(OC[C@H]1O[C@@](C#N)(c2ccc3c(N)ncnn23)[C@@H]2OC(C)(C)O[C@@H]21)Oc1ccc([N+](=O)[O-])cc1)OCc1ccc(F)c(F)c1. The number of nitro groups is 1. The van der Waals surface area contributed by atoms with Crippen LogP contribution in [0.5, 0.6) is 5.75 Å². The molecule has 0 bridgehead atoms. The van der Waals surface area contributed by atoms with E-state index in [2.05, 4.69) is 23.1 Å². The predicted molar refractivity (Wildman–Crippen MR) is 252 cm³/mol. The van der Waals surface area contributed by atoms with Gasteiger partial charge in [0, 0.05) is 18.7 Å². The summed E-state index contributed by atoms with van der Waals surface area (Å²) in [6.45, 7) is 4.86. The number of nitrogen functional groups attached to an aromatic ring is 1. The number of phosphoric acid groups is 1. The second-order valence-electron chi connectivity index (χ2n) is 18.1. The Morgan fingerprint density at radius 2 is 1.52 bits per heavy atom. The van der Waals surface area contributed by atoms with E-state index < -0.39 is 73.4 Å². The molecule has 0 spiro atoms. The minimum atomic E-state index is -4.72. The van der Waals surface area contributed by atoms with Crippen molar-refractivity contribution in [1.29, 1.82) is 5.26 Å². The molecule has 2 N–H and O–H groups in total. The summed E-state index contributed by atoms with van der Waals surface area (Å²) >= 11 is 0. The molecule has 0 saturated carbocycles. The van der Waals surface area contributed by atoms with Crippen LogP contribution < -0.4 is 10.3 Å². The Balaban J connectivity index is 1.07. The summed E-state index contributed by atoms with van der Waals surface area (Å²) < 4.78 is 92.8. The number of phosphoric ester groups is 1. The Bertz CT molecular complexity index is 2340. The van der Waals surface area contributed by atoms with E-state index >= 15 is 0 Å². The molecule has 4 aromatic rings. The van der Waals surface area contributed by atoms with Gasteiger partial charge in [0.15, 0.2) is 23.2 Å². The van der Waals surface area contributed by atoms with Gasteiger partial charge in [-0.15, -0.1) is 0 Å². The van der Waals surface area contributed by atoms with E-state index in [1.54, 1.807) is 26.0 Å². The number of nitriles is 1. The van der Waals surface area contributed by atoms with Crippen LogP contribution in [-0.4, -0.2) is 76.2 Å². The van der Waals surface area contributed by atoms with Crippen molar-refractivity contribution in [2.45, 2.75) is 166 Å². The maximum atomic E-state index is 14.7. The van der Waals surface area contributed by atoms with Gasteiger partial charge in [0.2, 0.25) is 5.60 Å². The van der Waals surface area contributed by atoms with Gasteiger partial charge >= 0.3 is 7.82 Å². The van der Waals surface area contributed by atoms with Gasteiger partial charge in [-0.05, 0) is 62.2 Å². The molecule has 6 rings (SSSR count). The summed E-state index contributed by atoms with van der Waals surface area (Å²) in [6, 6.07) is 13.7. The number of nitrogens with zero attached hydrogens (tertiary/aromatic N) is 5. The van der Waals surface area contributed by atoms with E-state index in [1.165, 1.54) is 106 Å². The van der Waals surface area contributed by atoms with Crippen molar-refractivity contribution in [1.82, 2.24) is 14.6 Å². The van der Waals surface area contributed by atoms with E-state index in [0.717, 1.165) is 49.9 Å². The van der Waals surface area contributed by atoms with Gasteiger partial charge in [-0.3, -0.25) is 19.2 Å². The van der Waals surface area contributed by atoms with Crippen molar-refractivity contribution < 1.29 is 55.5 Å². The third-order valence-electron chi connectivity index (χ3n) is 12.3. The second kappa shape index (κ2) is 26.0. The number of hydrogen-bond donors (Lipinski definition) is 1. The van der Waals surface area contributed by atoms with Crippen LogP contribution in [0.15, 0.2) is 60.9 Å². The lowest BCUT2D eigenvalue weighted by Gasteiger charge is -2.29. The normalized spacial score (nSPS) is 21.0. The molecule has 378 valence electrons. The number of anilines is 1. The first-order chi connectivity index (χ1) is 33.3. The van der Waals surface area contributed by atoms with Crippen LogP contribution in [-0.2, 0) is 49.5 Å². The molecule has 20 heteroatoms. The topological polar surface area (TPSA) is 214 Å². The summed E-state index contributed by atoms with van der Waals surface area (Å²) in [4.78, 5) is 14.8. The number of nitrogens with two attached hydrogens (primary N) is 1. The zero-order valence-electron chi connectivity index (χ0n) is 39.9. The number of benzene rings is 2. The molecule has 0 radical (unpaired) electrons. The number of rotatable bonds is 32. The van der Waals surface area contributed by atoms with E-state index in [1.807, 2.05) is 0 Å². The zero-order valence-corrected chi connectivity index (χ0v) is 40.8. The Labute approximate surface area is 403 Å². The zero-order chi connectivity index (χ0) is 49.3. The van der Waals surface area contributed by atoms with E-state index in [4.69, 9.17) is 43.0 Å². The first-order valence-corrected chi connectivity index (χ1v) is 25.7. The minimum Gasteiger partial charge on any atom is -0.404 e. The first-order valence-electron chi connectivity index (χ1n) is 24.3. The molecule has 0 aliphatic carbocycles. The van der Waals surface area contributed by atoms with E-state index in [9.17, 15) is 28.7 Å². The Morgan fingerprint density at radius 3 is 2.14 bits per heavy atom. The second-order valence-corrected chi connectivity index (χ2v) is 19.7. The summed E-state index contributed by atoms with van der Waals surface area (Å²) in [5.41, 5.74) is 5.06. The highest BCUT2D eigenvalue weighted by atomic mass is 31.2. The van der Waals surface area contributed by atoms with Crippen molar-refractivity contribution in [3.05, 3.63) is 93.9 Å². The van der Waals surface area contributed by atoms with Crippen molar-refractivity contribution in [2.24, 2.45) is 0 Å². The molecule has 6 atom stereocenters. The number of unbranched alkanes of at least 4 members (excludes halogenated alkanes) is 15. The van der Waals surface area contributed by atoms with Crippen LogP contribution in [0.3, 0.4) is 0 Å². The molecular formula is C49H67F2N6O11P. The van der Waals surface area contributed by atoms with Gasteiger partial charge in [-0.1, -0.05) is 109 Å². The van der Waals surface area contributed by atoms with Gasteiger partial charge in [-0.2, -0.15) is 10.4 Å². The van der Waals surface area contributed by atoms with Crippen LogP contribution in [0.2, 0.25) is 0 Å². The highest BCUT2D eigenvalue weighted by Gasteiger charge is 2.65. The molecule has 2 aliphatic rings. The standard InChI is InChI=1S/C49H67F2N6O11P/c1-4-5-6-7-8-9-10-11-12-13-14-15-16-17-18-19-28-61-31-39(62-30-36-20-25-40(50)41(51)29-36)32-63-69(60,68-38-23-21-37(22-24-38)57(58)59)64-33-43-45-46(67-48(2,3)66-45)49(34-52,65-43)44-27-26-42-47(53)54-35-55-56(42)44/h20-27,29,35,39,43,45-46H,4-19,28,30-33H2,1-3H3,(H2,53,54,55)/t39-,43-,45-,46-,49+,69?/m1/s1. The summed E-state index contributed by atoms with van der Waals surface area (Å²) in [5.74, 6) is -3.15. The smallest absolute Gasteiger partial charge is 0.404 e. The lowest BCUT2D eigenvalue weighted by molar-refractivity contribution is -0.384. The molecule has 4 heterocycles. The third kappa shape index (κ3) is 15.2. The Kier molecular flexibility index (Phi) is 20.2. The molecule has 2 aliphatic heterocycles. The number of hydrogen-bond acceptors (Lipinski definition) is 15. The molecule has 1 unspecified atom stereocenters. The number of non-ortho nitro benzene ring substituents is 1. The first kappa shape index (κ1) is 53.7. The number of fused-ring (bicyclic) bond motifs is 2. The molecule has 0 amide bonds. The monoisotopic (exact) mass is 984 g/mol. The molecule has 69 heavy (non-hydrogen) atoms. The van der Waals surface area contributed by atoms with Crippen LogP contribution in [0.1, 0.15) is 135 Å². The van der Waals surface area contributed by atoms with Crippen molar-refractivity contribution in [2.75, 3.05) is 32.2 Å². The maximum absolute atomic E-state index is 14.7. The maximum Gasteiger partial charge on any atom is 0.530 e. The van der Waals surface area contributed by atoms with Gasteiger partial charge in [0.1, 0.15) is 48.1 Å². The molecule has 17 nitrogen and oxygen atoms in total. The molecule has 2 fully saturated rings. The number of nitro benzene ring substituents is 1. The van der Waals surface area contributed by atoms with Crippen LogP contribution in [0.4, 0.5) is 20.3 Å². The largest absolute Gasteiger partial charge is 0.530 e. The minimum absolute atomic E-state index is 0.0280. The highest BCUT2D eigenvalue weighted by Crippen LogP contribution is 2.53. The van der Waals surface area contributed by atoms with Crippen LogP contribution >= 0.6 is 7.82 Å². The predicted octanol–water partition coefficient (Wildman–Crippen LogP) is 11.2. The fraction of sp³-hybridized carbons (Fsp3) is 0.612. The van der Waals surface area contributed by atoms with Crippen LogP contribution in [0.25, 0.3) is 5.52 Å². The van der Waals surface area contributed by atoms with Crippen molar-refractivity contribution in [3.63, 3.8) is 0 Å². The Hall–Kier alpha value is -4.64. The number of halogens is 2. The quantitative estimate of drug-likeness (QED) is 0.0208. The van der Waals surface area contributed by atoms with Gasteiger partial charge < -0.3 is 33.9 Å². The van der Waals surface area contributed by atoms with Gasteiger partial charge in [0.05, 0.1) is 37.0 Å². The summed E-state index contributed by atoms with van der Waals surface area (Å²) in [7, 11) is -4.72. The average molecular weight is 985 g/mol. The van der Waals surface area contributed by atoms with Gasteiger partial charge in [0.25, 0.3) is 5.69 Å². The third-order valence-corrected chi connectivity index (χ3v) is 13.6. The Morgan fingerprint density at radius 1 is 0.870 bits per heavy atom. The fourth-order valence-electron chi connectivity index (χ4n) is 8.61. The van der Waals surface area contributed by atoms with Gasteiger partial charge in [-0.25, -0.2) is 22.8 Å².